The molecule has 2 rings (SSSR count). The smallest absolute Gasteiger partial charge is 0.336 e. The number of fused-ring (bicyclic) bond motifs is 1. The summed E-state index contributed by atoms with van der Waals surface area (Å²) >= 11 is 4.64. The van der Waals surface area contributed by atoms with E-state index >= 15 is 0 Å². The summed E-state index contributed by atoms with van der Waals surface area (Å²) in [5.41, 5.74) is 8.16. The van der Waals surface area contributed by atoms with Gasteiger partial charge in [-0.15, -0.1) is 0 Å². The average Bonchev–Trinajstić information content (AvgIpc) is 2.35. The second kappa shape index (κ2) is 5.07. The van der Waals surface area contributed by atoms with Crippen LogP contribution in [-0.4, -0.2) is 15.9 Å². The molecule has 0 atom stereocenters. The zero-order chi connectivity index (χ0) is 14.0. The Labute approximate surface area is 113 Å². The molecule has 0 aliphatic rings. The Hall–Kier alpha value is -2.41. The van der Waals surface area contributed by atoms with Gasteiger partial charge in [0.05, 0.1) is 11.3 Å². The van der Waals surface area contributed by atoms with Gasteiger partial charge in [0, 0.05) is 11.5 Å². The van der Waals surface area contributed by atoms with Gasteiger partial charge in [-0.2, -0.15) is 5.10 Å². The molecule has 0 spiro atoms. The van der Waals surface area contributed by atoms with Crippen molar-refractivity contribution in [2.75, 3.05) is 0 Å². The van der Waals surface area contributed by atoms with Crippen LogP contribution < -0.4 is 16.8 Å². The monoisotopic (exact) mass is 277 g/mol. The van der Waals surface area contributed by atoms with E-state index in [1.54, 1.807) is 19.1 Å². The van der Waals surface area contributed by atoms with Crippen molar-refractivity contribution >= 4 is 34.0 Å². The molecule has 98 valence electrons. The summed E-state index contributed by atoms with van der Waals surface area (Å²) in [6, 6.07) is 6.06. The third kappa shape index (κ3) is 2.71. The number of phenols is 1. The minimum Gasteiger partial charge on any atom is -0.507 e. The quantitative estimate of drug-likeness (QED) is 0.328. The van der Waals surface area contributed by atoms with Gasteiger partial charge in [-0.3, -0.25) is 5.43 Å². The molecule has 0 saturated heterocycles. The van der Waals surface area contributed by atoms with Gasteiger partial charge in [-0.25, -0.2) is 4.79 Å². The third-order valence-electron chi connectivity index (χ3n) is 2.46. The zero-order valence-electron chi connectivity index (χ0n) is 10.0. The van der Waals surface area contributed by atoms with Crippen molar-refractivity contribution in [3.8, 4) is 5.75 Å². The fraction of sp³-hybridized carbons (Fsp3) is 0.0833. The fourth-order valence-electron chi connectivity index (χ4n) is 1.67. The Kier molecular flexibility index (Phi) is 3.48. The van der Waals surface area contributed by atoms with E-state index in [0.717, 1.165) is 0 Å². The molecule has 1 heterocycles. The molecule has 0 bridgehead atoms. The molecule has 0 amide bonds. The lowest BCUT2D eigenvalue weighted by Gasteiger charge is -2.07. The van der Waals surface area contributed by atoms with E-state index in [1.807, 2.05) is 0 Å². The molecule has 7 heteroatoms. The van der Waals surface area contributed by atoms with Gasteiger partial charge >= 0.3 is 5.63 Å². The van der Waals surface area contributed by atoms with E-state index in [1.165, 1.54) is 12.1 Å². The molecule has 6 nitrogen and oxygen atoms in total. The number of aromatic hydroxyl groups is 1. The third-order valence-corrected chi connectivity index (χ3v) is 2.55. The number of nitrogens with one attached hydrogen (secondary N) is 1. The van der Waals surface area contributed by atoms with Crippen molar-refractivity contribution in [3.05, 3.63) is 40.2 Å². The number of hydrogen-bond donors (Lipinski definition) is 3. The van der Waals surface area contributed by atoms with Crippen molar-refractivity contribution in [3.63, 3.8) is 0 Å². The Balaban J connectivity index is 2.67. The highest BCUT2D eigenvalue weighted by Gasteiger charge is 2.13. The van der Waals surface area contributed by atoms with Crippen LogP contribution in [0.4, 0.5) is 0 Å². The van der Waals surface area contributed by atoms with Gasteiger partial charge in [0.1, 0.15) is 5.75 Å². The van der Waals surface area contributed by atoms with E-state index in [2.05, 4.69) is 22.7 Å². The summed E-state index contributed by atoms with van der Waals surface area (Å²) in [7, 11) is 0. The van der Waals surface area contributed by atoms with Crippen LogP contribution in [0.3, 0.4) is 0 Å². The second-order valence-electron chi connectivity index (χ2n) is 3.81. The molecule has 1 aromatic heterocycles. The first kappa shape index (κ1) is 13.0. The molecule has 0 unspecified atom stereocenters. The molecule has 0 fully saturated rings. The number of nitrogens with zero attached hydrogens (tertiary/aromatic N) is 1. The molecule has 0 saturated carbocycles. The molecule has 19 heavy (non-hydrogen) atoms. The number of hydrazone groups is 1. The number of phenolic OH excluding ortho intramolecular Hbond substituents is 1. The molecule has 0 radical (unpaired) electrons. The van der Waals surface area contributed by atoms with E-state index in [-0.39, 0.29) is 16.4 Å². The molecular weight excluding hydrogens is 266 g/mol. The highest BCUT2D eigenvalue weighted by atomic mass is 32.1. The number of thiocarbonyl (C=S) groups is 1. The van der Waals surface area contributed by atoms with Crippen molar-refractivity contribution in [2.45, 2.75) is 6.92 Å². The van der Waals surface area contributed by atoms with Crippen LogP contribution in [0, 0.1) is 0 Å². The van der Waals surface area contributed by atoms with Gasteiger partial charge < -0.3 is 15.3 Å². The molecule has 4 N–H and O–H groups in total. The minimum atomic E-state index is -0.505. The maximum Gasteiger partial charge on any atom is 0.336 e. The zero-order valence-corrected chi connectivity index (χ0v) is 10.8. The minimum absolute atomic E-state index is 0.000490. The van der Waals surface area contributed by atoms with Crippen LogP contribution in [0.1, 0.15) is 12.5 Å². The van der Waals surface area contributed by atoms with E-state index in [0.29, 0.717) is 16.7 Å². The van der Waals surface area contributed by atoms with Crippen LogP contribution in [0.15, 0.2) is 38.6 Å². The number of nitrogens with two attached hydrogens (primary N) is 1. The maximum absolute atomic E-state index is 11.3. The van der Waals surface area contributed by atoms with Gasteiger partial charge in [0.25, 0.3) is 0 Å². The van der Waals surface area contributed by atoms with E-state index in [4.69, 9.17) is 10.2 Å². The molecular formula is C12H11N3O3S. The van der Waals surface area contributed by atoms with Crippen LogP contribution in [0.2, 0.25) is 0 Å². The number of hydrogen-bond acceptors (Lipinski definition) is 5. The summed E-state index contributed by atoms with van der Waals surface area (Å²) in [5, 5.41) is 14.5. The summed E-state index contributed by atoms with van der Waals surface area (Å²) in [6.45, 7) is 1.63. The van der Waals surface area contributed by atoms with Gasteiger partial charge in [-0.1, -0.05) is 0 Å². The predicted molar refractivity (Wildman–Crippen MR) is 76.3 cm³/mol. The highest BCUT2D eigenvalue weighted by Crippen LogP contribution is 2.26. The molecule has 1 aromatic carbocycles. The standard InChI is InChI=1S/C12H11N3O3S/c1-6(14-15-12(13)19)10-8(16)4-2-7-3-5-9(17)18-11(7)10/h2-5,16H,1H3,(H3,13,15,19)/b14-6+. The Morgan fingerprint density at radius 1 is 1.42 bits per heavy atom. The predicted octanol–water partition coefficient (Wildman–Crippen LogP) is 1.06. The number of rotatable bonds is 2. The van der Waals surface area contributed by atoms with Crippen molar-refractivity contribution in [1.29, 1.82) is 0 Å². The summed E-state index contributed by atoms with van der Waals surface area (Å²) < 4.78 is 5.11. The lowest BCUT2D eigenvalue weighted by molar-refractivity contribution is 0.471. The van der Waals surface area contributed by atoms with Crippen molar-refractivity contribution in [1.82, 2.24) is 5.43 Å². The maximum atomic E-state index is 11.3. The number of benzene rings is 1. The SMILES string of the molecule is C/C(=N\NC(N)=S)c1c(O)ccc2ccc(=O)oc12. The lowest BCUT2D eigenvalue weighted by Crippen LogP contribution is -2.25. The fourth-order valence-corrected chi connectivity index (χ4v) is 1.71. The van der Waals surface area contributed by atoms with Gasteiger partial charge in [0.15, 0.2) is 10.7 Å². The highest BCUT2D eigenvalue weighted by molar-refractivity contribution is 7.80. The summed E-state index contributed by atoms with van der Waals surface area (Å²) in [6.07, 6.45) is 0. The van der Waals surface area contributed by atoms with E-state index < -0.39 is 5.63 Å². The van der Waals surface area contributed by atoms with Gasteiger partial charge in [0.2, 0.25) is 0 Å². The first-order valence-corrected chi connectivity index (χ1v) is 5.76. The van der Waals surface area contributed by atoms with Crippen molar-refractivity contribution in [2.24, 2.45) is 10.8 Å². The Bertz CT molecular complexity index is 737. The summed E-state index contributed by atoms with van der Waals surface area (Å²) in [5.74, 6) is -0.0483. The first-order valence-electron chi connectivity index (χ1n) is 5.35. The topological polar surface area (TPSA) is 101 Å². The lowest BCUT2D eigenvalue weighted by atomic mass is 10.1. The average molecular weight is 277 g/mol. The van der Waals surface area contributed by atoms with Crippen LogP contribution >= 0.6 is 12.2 Å². The van der Waals surface area contributed by atoms with Crippen molar-refractivity contribution < 1.29 is 9.52 Å². The summed E-state index contributed by atoms with van der Waals surface area (Å²) in [4.78, 5) is 11.3. The van der Waals surface area contributed by atoms with Crippen LogP contribution in [0.25, 0.3) is 11.0 Å². The molecule has 0 aliphatic heterocycles. The largest absolute Gasteiger partial charge is 0.507 e. The molecule has 0 aliphatic carbocycles. The van der Waals surface area contributed by atoms with Crippen LogP contribution in [0.5, 0.6) is 5.75 Å². The Morgan fingerprint density at radius 3 is 2.79 bits per heavy atom. The van der Waals surface area contributed by atoms with E-state index in [9.17, 15) is 9.90 Å². The Morgan fingerprint density at radius 2 is 2.11 bits per heavy atom. The molecule has 2 aromatic rings. The normalized spacial score (nSPS) is 11.5. The second-order valence-corrected chi connectivity index (χ2v) is 4.25. The van der Waals surface area contributed by atoms with Crippen LogP contribution in [-0.2, 0) is 0 Å². The first-order chi connectivity index (χ1) is 8.99. The van der Waals surface area contributed by atoms with Gasteiger partial charge in [-0.05, 0) is 37.3 Å².